The summed E-state index contributed by atoms with van der Waals surface area (Å²) in [7, 11) is 0. The van der Waals surface area contributed by atoms with Crippen molar-refractivity contribution in [2.45, 2.75) is 38.5 Å². The van der Waals surface area contributed by atoms with Crippen molar-refractivity contribution in [2.24, 2.45) is 0 Å². The molecule has 3 heterocycles. The van der Waals surface area contributed by atoms with E-state index in [1.807, 2.05) is 23.6 Å². The number of hydrogen-bond donors (Lipinski definition) is 1. The van der Waals surface area contributed by atoms with E-state index in [0.29, 0.717) is 6.61 Å². The van der Waals surface area contributed by atoms with Crippen LogP contribution in [0.1, 0.15) is 38.1 Å². The van der Waals surface area contributed by atoms with Gasteiger partial charge in [-0.05, 0) is 49.6 Å². The van der Waals surface area contributed by atoms with Crippen molar-refractivity contribution in [3.05, 3.63) is 47.8 Å². The van der Waals surface area contributed by atoms with Crippen LogP contribution in [0.5, 0.6) is 5.75 Å². The highest BCUT2D eigenvalue weighted by atomic mass is 16.5. The fraction of sp³-hybridized carbons (Fsp3) is 0.476. The van der Waals surface area contributed by atoms with Gasteiger partial charge in [-0.15, -0.1) is 15.3 Å². The highest BCUT2D eigenvalue weighted by Crippen LogP contribution is 2.36. The van der Waals surface area contributed by atoms with Gasteiger partial charge >= 0.3 is 0 Å². The van der Waals surface area contributed by atoms with E-state index in [0.717, 1.165) is 62.1 Å². The Morgan fingerprint density at radius 3 is 2.57 bits per heavy atom. The third kappa shape index (κ3) is 3.67. The molecule has 0 atom stereocenters. The predicted molar refractivity (Wildman–Crippen MR) is 108 cm³/mol. The van der Waals surface area contributed by atoms with Crippen LogP contribution in [-0.2, 0) is 16.6 Å². The number of ether oxygens (including phenoxy) is 2. The molecule has 2 aromatic heterocycles. The number of hydrogen-bond acceptors (Lipinski definition) is 6. The van der Waals surface area contributed by atoms with Crippen molar-refractivity contribution in [2.75, 3.05) is 31.7 Å². The molecule has 1 aromatic carbocycles. The summed E-state index contributed by atoms with van der Waals surface area (Å²) < 4.78 is 13.1. The monoisotopic (exact) mass is 381 g/mol. The molecule has 0 amide bonds. The number of nitrogens with zero attached hydrogens (tertiary/aromatic N) is 4. The van der Waals surface area contributed by atoms with E-state index >= 15 is 0 Å². The minimum Gasteiger partial charge on any atom is -0.494 e. The number of benzene rings is 1. The second kappa shape index (κ2) is 8.14. The fourth-order valence-electron chi connectivity index (χ4n) is 3.81. The Hall–Kier alpha value is -2.67. The number of anilines is 1. The number of aryl methyl sites for hydroxylation is 1. The molecule has 7 nitrogen and oxygen atoms in total. The topological polar surface area (TPSA) is 73.6 Å². The molecule has 1 N–H and O–H groups in total. The van der Waals surface area contributed by atoms with Gasteiger partial charge in [0.15, 0.2) is 11.5 Å². The van der Waals surface area contributed by atoms with Crippen molar-refractivity contribution >= 4 is 11.5 Å². The second-order valence-corrected chi connectivity index (χ2v) is 7.16. The van der Waals surface area contributed by atoms with Gasteiger partial charge in [0.05, 0.1) is 6.61 Å². The summed E-state index contributed by atoms with van der Waals surface area (Å²) in [5, 5.41) is 16.6. The molecule has 3 aromatic rings. The lowest BCUT2D eigenvalue weighted by Crippen LogP contribution is -2.40. The lowest BCUT2D eigenvalue weighted by Gasteiger charge is -2.38. The molecule has 0 saturated carbocycles. The molecule has 0 bridgehead atoms. The Morgan fingerprint density at radius 1 is 1.07 bits per heavy atom. The Morgan fingerprint density at radius 2 is 1.86 bits per heavy atom. The Bertz CT molecular complexity index is 916. The molecular formula is C21H27N5O2. The van der Waals surface area contributed by atoms with Crippen molar-refractivity contribution < 1.29 is 9.47 Å². The van der Waals surface area contributed by atoms with E-state index in [1.54, 1.807) is 0 Å². The first kappa shape index (κ1) is 18.7. The normalized spacial score (nSPS) is 16.2. The van der Waals surface area contributed by atoms with Crippen LogP contribution in [0.2, 0.25) is 0 Å². The Balaban J connectivity index is 1.56. The molecule has 0 spiro atoms. The van der Waals surface area contributed by atoms with Gasteiger partial charge in [0.2, 0.25) is 0 Å². The van der Waals surface area contributed by atoms with Gasteiger partial charge in [-0.3, -0.25) is 0 Å². The fourth-order valence-corrected chi connectivity index (χ4v) is 3.81. The lowest BCUT2D eigenvalue weighted by molar-refractivity contribution is 0.0543. The maximum Gasteiger partial charge on any atom is 0.178 e. The maximum absolute atomic E-state index is 5.65. The predicted octanol–water partition coefficient (Wildman–Crippen LogP) is 3.25. The van der Waals surface area contributed by atoms with Crippen molar-refractivity contribution in [3.63, 3.8) is 0 Å². The van der Waals surface area contributed by atoms with Crippen LogP contribution in [0.3, 0.4) is 0 Å². The van der Waals surface area contributed by atoms with Crippen molar-refractivity contribution in [3.8, 4) is 5.75 Å². The molecule has 7 heteroatoms. The van der Waals surface area contributed by atoms with Crippen LogP contribution >= 0.6 is 0 Å². The van der Waals surface area contributed by atoms with E-state index < -0.39 is 0 Å². The molecule has 4 rings (SSSR count). The van der Waals surface area contributed by atoms with Gasteiger partial charge in [-0.2, -0.15) is 4.52 Å². The number of nitrogens with one attached hydrogen (secondary N) is 1. The van der Waals surface area contributed by atoms with Crippen LogP contribution in [-0.4, -0.2) is 46.2 Å². The largest absolute Gasteiger partial charge is 0.494 e. The first-order valence-electron chi connectivity index (χ1n) is 10.0. The first-order chi connectivity index (χ1) is 13.7. The van der Waals surface area contributed by atoms with Crippen LogP contribution < -0.4 is 10.1 Å². The maximum atomic E-state index is 5.65. The lowest BCUT2D eigenvalue weighted by atomic mass is 9.74. The van der Waals surface area contributed by atoms with E-state index in [1.165, 1.54) is 5.56 Å². The average Bonchev–Trinajstić information content (AvgIpc) is 3.16. The van der Waals surface area contributed by atoms with Crippen LogP contribution in [0.15, 0.2) is 36.4 Å². The molecule has 1 saturated heterocycles. The zero-order valence-corrected chi connectivity index (χ0v) is 16.5. The van der Waals surface area contributed by atoms with E-state index in [2.05, 4.69) is 51.8 Å². The third-order valence-electron chi connectivity index (χ3n) is 5.48. The first-order valence-corrected chi connectivity index (χ1v) is 10.0. The summed E-state index contributed by atoms with van der Waals surface area (Å²) in [6, 6.07) is 12.4. The number of fused-ring (bicyclic) bond motifs is 1. The summed E-state index contributed by atoms with van der Waals surface area (Å²) >= 11 is 0. The molecule has 148 valence electrons. The molecule has 1 fully saturated rings. The SMILES string of the molecule is CCOc1ccc(C2(CNc3ccc4nnc(CC)n4n3)CCOCC2)cc1. The average molecular weight is 381 g/mol. The molecule has 28 heavy (non-hydrogen) atoms. The van der Waals surface area contributed by atoms with Gasteiger partial charge in [0, 0.05) is 31.6 Å². The standard InChI is InChI=1S/C21H27N5O2/c1-3-19-23-24-20-10-9-18(25-26(19)20)22-15-21(11-13-27-14-12-21)16-5-7-17(8-6-16)28-4-2/h5-10H,3-4,11-15H2,1-2H3,(H,22,25). The molecular weight excluding hydrogens is 354 g/mol. The summed E-state index contributed by atoms with van der Waals surface area (Å²) in [6.07, 6.45) is 2.75. The molecule has 0 radical (unpaired) electrons. The van der Waals surface area contributed by atoms with Gasteiger partial charge in [-0.25, -0.2) is 0 Å². The van der Waals surface area contributed by atoms with Gasteiger partial charge < -0.3 is 14.8 Å². The van der Waals surface area contributed by atoms with E-state index in [9.17, 15) is 0 Å². The highest BCUT2D eigenvalue weighted by molar-refractivity contribution is 5.45. The van der Waals surface area contributed by atoms with Crippen LogP contribution in [0.25, 0.3) is 5.65 Å². The third-order valence-corrected chi connectivity index (χ3v) is 5.48. The van der Waals surface area contributed by atoms with Gasteiger partial charge in [-0.1, -0.05) is 19.1 Å². The quantitative estimate of drug-likeness (QED) is 0.677. The molecule has 0 aliphatic carbocycles. The second-order valence-electron chi connectivity index (χ2n) is 7.16. The Labute approximate surface area is 165 Å². The smallest absolute Gasteiger partial charge is 0.178 e. The summed E-state index contributed by atoms with van der Waals surface area (Å²) in [4.78, 5) is 0. The molecule has 1 aliphatic heterocycles. The summed E-state index contributed by atoms with van der Waals surface area (Å²) in [5.41, 5.74) is 2.10. The van der Waals surface area contributed by atoms with E-state index in [4.69, 9.17) is 9.47 Å². The van der Waals surface area contributed by atoms with Crippen LogP contribution in [0.4, 0.5) is 5.82 Å². The minimum atomic E-state index is 0.0143. The van der Waals surface area contributed by atoms with Crippen LogP contribution in [0, 0.1) is 0 Å². The van der Waals surface area contributed by atoms with E-state index in [-0.39, 0.29) is 5.41 Å². The zero-order chi connectivity index (χ0) is 19.4. The number of aromatic nitrogens is 4. The highest BCUT2D eigenvalue weighted by Gasteiger charge is 2.34. The van der Waals surface area contributed by atoms with Crippen molar-refractivity contribution in [1.82, 2.24) is 19.8 Å². The Kier molecular flexibility index (Phi) is 5.43. The zero-order valence-electron chi connectivity index (χ0n) is 16.5. The van der Waals surface area contributed by atoms with Gasteiger partial charge in [0.25, 0.3) is 0 Å². The summed E-state index contributed by atoms with van der Waals surface area (Å²) in [6.45, 7) is 7.07. The minimum absolute atomic E-state index is 0.0143. The summed E-state index contributed by atoms with van der Waals surface area (Å²) in [5.74, 6) is 2.61. The number of rotatable bonds is 7. The molecule has 0 unspecified atom stereocenters. The van der Waals surface area contributed by atoms with Gasteiger partial charge in [0.1, 0.15) is 11.6 Å². The molecule has 1 aliphatic rings. The van der Waals surface area contributed by atoms with Crippen molar-refractivity contribution in [1.29, 1.82) is 0 Å².